The normalized spacial score (nSPS) is 18.3. The van der Waals surface area contributed by atoms with Gasteiger partial charge in [0.1, 0.15) is 12.1 Å². The van der Waals surface area contributed by atoms with Crippen molar-refractivity contribution in [2.45, 2.75) is 44.9 Å². The summed E-state index contributed by atoms with van der Waals surface area (Å²) in [5.74, 6) is -0.0134. The van der Waals surface area contributed by atoms with Crippen molar-refractivity contribution in [3.05, 3.63) is 30.1 Å². The Bertz CT molecular complexity index is 430. The van der Waals surface area contributed by atoms with Crippen molar-refractivity contribution in [1.29, 1.82) is 0 Å². The van der Waals surface area contributed by atoms with E-state index < -0.39 is 12.1 Å². The molecule has 0 aromatic carbocycles. The van der Waals surface area contributed by atoms with Crippen molar-refractivity contribution in [3.8, 4) is 0 Å². The van der Waals surface area contributed by atoms with E-state index in [1.165, 1.54) is 0 Å². The molecule has 1 fully saturated rings. The molecule has 2 N–H and O–H groups in total. The van der Waals surface area contributed by atoms with E-state index >= 15 is 0 Å². The highest BCUT2D eigenvalue weighted by Crippen LogP contribution is 2.20. The Morgan fingerprint density at radius 3 is 2.45 bits per heavy atom. The molecule has 1 aliphatic rings. The predicted molar refractivity (Wildman–Crippen MR) is 77.1 cm³/mol. The van der Waals surface area contributed by atoms with E-state index in [4.69, 9.17) is 0 Å². The van der Waals surface area contributed by atoms with Crippen LogP contribution in [0.3, 0.4) is 0 Å². The lowest BCUT2D eigenvalue weighted by molar-refractivity contribution is -0.135. The number of aromatic nitrogens is 1. The molecular formula is C15H23N3O2. The molecule has 1 aliphatic heterocycles. The number of amides is 1. The number of hydrogen-bond acceptors (Lipinski definition) is 4. The average molecular weight is 277 g/mol. The fourth-order valence-corrected chi connectivity index (χ4v) is 2.54. The summed E-state index contributed by atoms with van der Waals surface area (Å²) in [5, 5.41) is 13.7. The van der Waals surface area contributed by atoms with E-state index in [1.54, 1.807) is 24.5 Å². The molecule has 0 aliphatic carbocycles. The smallest absolute Gasteiger partial charge is 0.242 e. The van der Waals surface area contributed by atoms with Gasteiger partial charge in [-0.1, -0.05) is 13.8 Å². The molecule has 2 rings (SSSR count). The maximum absolute atomic E-state index is 12.6. The Balaban J connectivity index is 2.16. The molecule has 2 heterocycles. The first-order valence-corrected chi connectivity index (χ1v) is 7.22. The molecule has 5 heteroatoms. The van der Waals surface area contributed by atoms with Crippen LogP contribution in [0.4, 0.5) is 0 Å². The number of aliphatic hydroxyl groups is 1. The average Bonchev–Trinajstić information content (AvgIpc) is 2.98. The third-order valence-corrected chi connectivity index (χ3v) is 3.56. The van der Waals surface area contributed by atoms with Gasteiger partial charge in [-0.05, 0) is 30.5 Å². The summed E-state index contributed by atoms with van der Waals surface area (Å²) < 4.78 is 0. The van der Waals surface area contributed by atoms with Crippen molar-refractivity contribution in [2.24, 2.45) is 0 Å². The minimum Gasteiger partial charge on any atom is -0.386 e. The lowest BCUT2D eigenvalue weighted by Gasteiger charge is -2.29. The monoisotopic (exact) mass is 277 g/mol. The van der Waals surface area contributed by atoms with Crippen LogP contribution in [0.5, 0.6) is 0 Å². The number of aliphatic hydroxyl groups excluding tert-OH is 1. The second kappa shape index (κ2) is 6.81. The van der Waals surface area contributed by atoms with Gasteiger partial charge in [-0.2, -0.15) is 0 Å². The van der Waals surface area contributed by atoms with E-state index in [0.29, 0.717) is 5.56 Å². The zero-order chi connectivity index (χ0) is 14.5. The van der Waals surface area contributed by atoms with Crippen LogP contribution in [-0.4, -0.2) is 46.1 Å². The Morgan fingerprint density at radius 1 is 1.30 bits per heavy atom. The van der Waals surface area contributed by atoms with Gasteiger partial charge in [-0.3, -0.25) is 9.78 Å². The Kier molecular flexibility index (Phi) is 5.09. The number of nitrogens with one attached hydrogen (secondary N) is 1. The number of carbonyl (C=O) groups excluding carboxylic acids is 1. The molecule has 0 radical (unpaired) electrons. The van der Waals surface area contributed by atoms with E-state index in [1.807, 2.05) is 18.7 Å². The summed E-state index contributed by atoms with van der Waals surface area (Å²) in [6, 6.07) is 3.02. The first-order chi connectivity index (χ1) is 9.59. The van der Waals surface area contributed by atoms with Crippen molar-refractivity contribution >= 4 is 5.91 Å². The zero-order valence-corrected chi connectivity index (χ0v) is 12.1. The quantitative estimate of drug-likeness (QED) is 0.846. The second-order valence-corrected chi connectivity index (χ2v) is 5.56. The summed E-state index contributed by atoms with van der Waals surface area (Å²) in [4.78, 5) is 18.4. The van der Waals surface area contributed by atoms with Gasteiger partial charge in [0.2, 0.25) is 5.91 Å². The van der Waals surface area contributed by atoms with E-state index in [2.05, 4.69) is 10.3 Å². The highest BCUT2D eigenvalue weighted by molar-refractivity contribution is 5.83. The van der Waals surface area contributed by atoms with Gasteiger partial charge in [0, 0.05) is 31.5 Å². The fraction of sp³-hybridized carbons (Fsp3) is 0.600. The van der Waals surface area contributed by atoms with Crippen LogP contribution in [-0.2, 0) is 4.79 Å². The van der Waals surface area contributed by atoms with Gasteiger partial charge in [0.15, 0.2) is 0 Å². The molecular weight excluding hydrogens is 254 g/mol. The SMILES string of the molecule is CC(C)N[C@@H](C(=O)N1CCCC1)[C@@H](O)c1ccncc1. The number of carbonyl (C=O) groups is 1. The highest BCUT2D eigenvalue weighted by Gasteiger charge is 2.32. The largest absolute Gasteiger partial charge is 0.386 e. The zero-order valence-electron chi connectivity index (χ0n) is 12.1. The van der Waals surface area contributed by atoms with Gasteiger partial charge in [-0.15, -0.1) is 0 Å². The molecule has 1 aromatic rings. The van der Waals surface area contributed by atoms with Gasteiger partial charge in [-0.25, -0.2) is 0 Å². The summed E-state index contributed by atoms with van der Waals surface area (Å²) in [6.45, 7) is 5.53. The van der Waals surface area contributed by atoms with Crippen molar-refractivity contribution in [1.82, 2.24) is 15.2 Å². The van der Waals surface area contributed by atoms with Crippen molar-refractivity contribution < 1.29 is 9.90 Å². The molecule has 1 saturated heterocycles. The Hall–Kier alpha value is -1.46. The van der Waals surface area contributed by atoms with Crippen LogP contribution in [0.1, 0.15) is 38.4 Å². The summed E-state index contributed by atoms with van der Waals surface area (Å²) in [7, 11) is 0. The lowest BCUT2D eigenvalue weighted by Crippen LogP contribution is -2.51. The van der Waals surface area contributed by atoms with Crippen LogP contribution in [0.2, 0.25) is 0 Å². The predicted octanol–water partition coefficient (Wildman–Crippen LogP) is 1.10. The summed E-state index contributed by atoms with van der Waals surface area (Å²) in [6.07, 6.45) is 4.50. The number of nitrogens with zero attached hydrogens (tertiary/aromatic N) is 2. The molecule has 0 bridgehead atoms. The van der Waals surface area contributed by atoms with Crippen LogP contribution in [0.25, 0.3) is 0 Å². The number of pyridine rings is 1. The second-order valence-electron chi connectivity index (χ2n) is 5.56. The molecule has 110 valence electrons. The number of hydrogen-bond donors (Lipinski definition) is 2. The third-order valence-electron chi connectivity index (χ3n) is 3.56. The van der Waals surface area contributed by atoms with Crippen LogP contribution < -0.4 is 5.32 Å². The van der Waals surface area contributed by atoms with Crippen LogP contribution >= 0.6 is 0 Å². The lowest BCUT2D eigenvalue weighted by atomic mass is 10.0. The molecule has 0 spiro atoms. The molecule has 20 heavy (non-hydrogen) atoms. The van der Waals surface area contributed by atoms with Gasteiger partial charge < -0.3 is 15.3 Å². The third kappa shape index (κ3) is 3.55. The highest BCUT2D eigenvalue weighted by atomic mass is 16.3. The Morgan fingerprint density at radius 2 is 1.90 bits per heavy atom. The maximum Gasteiger partial charge on any atom is 0.242 e. The molecule has 0 unspecified atom stereocenters. The van der Waals surface area contributed by atoms with E-state index in [9.17, 15) is 9.90 Å². The number of rotatable bonds is 5. The molecule has 1 amide bonds. The van der Waals surface area contributed by atoms with Gasteiger partial charge in [0.05, 0.1) is 0 Å². The van der Waals surface area contributed by atoms with Crippen molar-refractivity contribution in [2.75, 3.05) is 13.1 Å². The van der Waals surface area contributed by atoms with E-state index in [0.717, 1.165) is 25.9 Å². The topological polar surface area (TPSA) is 65.5 Å². The molecule has 0 saturated carbocycles. The standard InChI is InChI=1S/C15H23N3O2/c1-11(2)17-13(15(20)18-9-3-4-10-18)14(19)12-5-7-16-8-6-12/h5-8,11,13-14,17,19H,3-4,9-10H2,1-2H3/t13-,14+/m1/s1. The van der Waals surface area contributed by atoms with E-state index in [-0.39, 0.29) is 11.9 Å². The summed E-state index contributed by atoms with van der Waals surface area (Å²) in [5.41, 5.74) is 0.714. The minimum atomic E-state index is -0.853. The minimum absolute atomic E-state index is 0.0134. The first-order valence-electron chi connectivity index (χ1n) is 7.22. The maximum atomic E-state index is 12.6. The van der Waals surface area contributed by atoms with Gasteiger partial charge >= 0.3 is 0 Å². The first kappa shape index (κ1) is 14.9. The fourth-order valence-electron chi connectivity index (χ4n) is 2.54. The molecule has 5 nitrogen and oxygen atoms in total. The molecule has 2 atom stereocenters. The van der Waals surface area contributed by atoms with Crippen LogP contribution in [0, 0.1) is 0 Å². The number of likely N-dealkylation sites (tertiary alicyclic amines) is 1. The summed E-state index contributed by atoms with van der Waals surface area (Å²) >= 11 is 0. The van der Waals surface area contributed by atoms with Crippen LogP contribution in [0.15, 0.2) is 24.5 Å². The Labute approximate surface area is 120 Å². The van der Waals surface area contributed by atoms with Crippen molar-refractivity contribution in [3.63, 3.8) is 0 Å². The van der Waals surface area contributed by atoms with Gasteiger partial charge in [0.25, 0.3) is 0 Å². The molecule has 1 aromatic heterocycles.